The zero-order valence-corrected chi connectivity index (χ0v) is 19.4. The second kappa shape index (κ2) is 8.52. The number of amidine groups is 1. The lowest BCUT2D eigenvalue weighted by Crippen LogP contribution is -2.34. The summed E-state index contributed by atoms with van der Waals surface area (Å²) in [5.74, 6) is 0.851. The van der Waals surface area contributed by atoms with E-state index in [2.05, 4.69) is 16.8 Å². The number of hydrogen-bond acceptors (Lipinski definition) is 5. The summed E-state index contributed by atoms with van der Waals surface area (Å²) in [4.78, 5) is 16.7. The molecule has 4 atom stereocenters. The number of rotatable bonds is 5. The van der Waals surface area contributed by atoms with Crippen molar-refractivity contribution in [1.29, 1.82) is 0 Å². The Hall–Kier alpha value is -2.38. The van der Waals surface area contributed by atoms with Crippen molar-refractivity contribution in [3.8, 4) is 0 Å². The Balaban J connectivity index is 1.67. The summed E-state index contributed by atoms with van der Waals surface area (Å²) in [5, 5.41) is 3.10. The number of nitrogens with zero attached hydrogens (tertiary/aromatic N) is 4. The van der Waals surface area contributed by atoms with E-state index in [1.165, 1.54) is 23.5 Å². The average molecular weight is 473 g/mol. The van der Waals surface area contributed by atoms with E-state index in [0.717, 1.165) is 46.4 Å². The lowest BCUT2D eigenvalue weighted by atomic mass is 9.90. The molecule has 3 aliphatic heterocycles. The molecule has 0 spiro atoms. The normalized spacial score (nSPS) is 25.8. The molecule has 1 aromatic carbocycles. The van der Waals surface area contributed by atoms with Crippen LogP contribution in [0.5, 0.6) is 0 Å². The molecule has 0 bridgehead atoms. The number of halogens is 3. The highest BCUT2D eigenvalue weighted by Crippen LogP contribution is 2.44. The van der Waals surface area contributed by atoms with Crippen molar-refractivity contribution < 1.29 is 8.78 Å². The zero-order chi connectivity index (χ0) is 22.4. The molecule has 1 fully saturated rings. The molecule has 8 heteroatoms. The number of thiazole rings is 1. The molecule has 0 radical (unpaired) electrons. The average Bonchev–Trinajstić information content (AvgIpc) is 3.47. The second-order valence-electron chi connectivity index (χ2n) is 8.60. The molecule has 166 valence electrons. The molecular formula is C24H23ClF2N4S. The minimum absolute atomic E-state index is 0.195. The smallest absolute Gasteiger partial charge is 0.165 e. The zero-order valence-electron chi connectivity index (χ0n) is 17.8. The van der Waals surface area contributed by atoms with Crippen molar-refractivity contribution in [3.05, 3.63) is 74.6 Å². The SMILES string of the molecule is CC(F)CC1C=CC(C2=C3C[C@H](C)CN3C(c3nccs3)=N[C@H]2c2ccc(F)cc2Cl)=N1. The lowest BCUT2D eigenvalue weighted by molar-refractivity contribution is 0.333. The van der Waals surface area contributed by atoms with Gasteiger partial charge in [0.25, 0.3) is 0 Å². The first-order chi connectivity index (χ1) is 15.4. The number of benzene rings is 1. The number of alkyl halides is 1. The summed E-state index contributed by atoms with van der Waals surface area (Å²) < 4.78 is 27.5. The first-order valence-electron chi connectivity index (χ1n) is 10.7. The first kappa shape index (κ1) is 21.5. The number of fused-ring (bicyclic) bond motifs is 1. The maximum Gasteiger partial charge on any atom is 0.165 e. The quantitative estimate of drug-likeness (QED) is 0.522. The molecule has 32 heavy (non-hydrogen) atoms. The molecule has 3 aliphatic rings. The van der Waals surface area contributed by atoms with Crippen LogP contribution in [0, 0.1) is 11.7 Å². The van der Waals surface area contributed by atoms with E-state index in [0.29, 0.717) is 17.4 Å². The van der Waals surface area contributed by atoms with Crippen LogP contribution in [0.25, 0.3) is 0 Å². The van der Waals surface area contributed by atoms with Gasteiger partial charge in [-0.05, 0) is 37.5 Å². The van der Waals surface area contributed by atoms with Gasteiger partial charge >= 0.3 is 0 Å². The second-order valence-corrected chi connectivity index (χ2v) is 9.90. The van der Waals surface area contributed by atoms with Crippen LogP contribution in [0.15, 0.2) is 63.2 Å². The third-order valence-corrected chi connectivity index (χ3v) is 7.05. The summed E-state index contributed by atoms with van der Waals surface area (Å²) >= 11 is 8.05. The molecule has 0 aliphatic carbocycles. The van der Waals surface area contributed by atoms with Crippen molar-refractivity contribution in [2.45, 2.75) is 44.9 Å². The molecule has 4 heterocycles. The molecular weight excluding hydrogens is 450 g/mol. The summed E-state index contributed by atoms with van der Waals surface area (Å²) in [6.07, 6.45) is 5.96. The van der Waals surface area contributed by atoms with Crippen molar-refractivity contribution >= 4 is 34.5 Å². The number of aliphatic imine (C=N–C) groups is 2. The third kappa shape index (κ3) is 3.92. The van der Waals surface area contributed by atoms with Gasteiger partial charge in [0.2, 0.25) is 0 Å². The fraction of sp³-hybridized carbons (Fsp3) is 0.375. The molecule has 1 saturated heterocycles. The minimum Gasteiger partial charge on any atom is -0.327 e. The predicted octanol–water partition coefficient (Wildman–Crippen LogP) is 6.16. The largest absolute Gasteiger partial charge is 0.327 e. The molecule has 1 aromatic heterocycles. The van der Waals surface area contributed by atoms with E-state index in [-0.39, 0.29) is 11.9 Å². The highest BCUT2D eigenvalue weighted by Gasteiger charge is 2.40. The van der Waals surface area contributed by atoms with Crippen LogP contribution in [-0.4, -0.2) is 40.2 Å². The summed E-state index contributed by atoms with van der Waals surface area (Å²) in [6.45, 7) is 4.60. The number of allylic oxidation sites excluding steroid dienone is 2. The molecule has 2 aromatic rings. The Morgan fingerprint density at radius 3 is 2.88 bits per heavy atom. The molecule has 2 unspecified atom stereocenters. The summed E-state index contributed by atoms with van der Waals surface area (Å²) in [5.41, 5.74) is 3.63. The summed E-state index contributed by atoms with van der Waals surface area (Å²) in [7, 11) is 0. The maximum atomic E-state index is 13.8. The number of hydrogen-bond donors (Lipinski definition) is 0. The Kier molecular flexibility index (Phi) is 5.72. The van der Waals surface area contributed by atoms with Gasteiger partial charge in [0.15, 0.2) is 10.8 Å². The van der Waals surface area contributed by atoms with Crippen LogP contribution in [0.4, 0.5) is 8.78 Å². The fourth-order valence-corrected chi connectivity index (χ4v) is 5.55. The van der Waals surface area contributed by atoms with Crippen LogP contribution in [0.3, 0.4) is 0 Å². The Bertz CT molecular complexity index is 1150. The highest BCUT2D eigenvalue weighted by atomic mass is 35.5. The van der Waals surface area contributed by atoms with Crippen LogP contribution >= 0.6 is 22.9 Å². The Morgan fingerprint density at radius 1 is 1.31 bits per heavy atom. The first-order valence-corrected chi connectivity index (χ1v) is 12.0. The van der Waals surface area contributed by atoms with Crippen molar-refractivity contribution in [2.75, 3.05) is 6.54 Å². The van der Waals surface area contributed by atoms with E-state index < -0.39 is 12.2 Å². The van der Waals surface area contributed by atoms with Crippen LogP contribution < -0.4 is 0 Å². The topological polar surface area (TPSA) is 40.9 Å². The van der Waals surface area contributed by atoms with E-state index in [9.17, 15) is 8.78 Å². The van der Waals surface area contributed by atoms with Gasteiger partial charge in [0.05, 0.1) is 17.9 Å². The lowest BCUT2D eigenvalue weighted by Gasteiger charge is -2.33. The predicted molar refractivity (Wildman–Crippen MR) is 126 cm³/mol. The molecule has 0 N–H and O–H groups in total. The number of aromatic nitrogens is 1. The highest BCUT2D eigenvalue weighted by molar-refractivity contribution is 7.11. The molecule has 4 nitrogen and oxygen atoms in total. The summed E-state index contributed by atoms with van der Waals surface area (Å²) in [6, 6.07) is 3.79. The fourth-order valence-electron chi connectivity index (χ4n) is 4.64. The third-order valence-electron chi connectivity index (χ3n) is 5.96. The van der Waals surface area contributed by atoms with E-state index in [1.807, 2.05) is 17.5 Å². The monoisotopic (exact) mass is 472 g/mol. The van der Waals surface area contributed by atoms with Gasteiger partial charge in [-0.1, -0.05) is 30.7 Å². The van der Waals surface area contributed by atoms with Crippen molar-refractivity contribution in [1.82, 2.24) is 9.88 Å². The molecule has 0 saturated carbocycles. The van der Waals surface area contributed by atoms with Gasteiger partial charge in [0, 0.05) is 46.4 Å². The maximum absolute atomic E-state index is 13.8. The van der Waals surface area contributed by atoms with E-state index in [4.69, 9.17) is 21.6 Å². The Morgan fingerprint density at radius 2 is 2.16 bits per heavy atom. The van der Waals surface area contributed by atoms with Gasteiger partial charge < -0.3 is 4.90 Å². The standard InChI is InChI=1S/C24H23ClF2N4S/c1-13-9-20-21(19-6-4-16(29-19)10-14(2)26)22(17-5-3-15(27)11-18(17)25)30-23(31(20)12-13)24-28-7-8-32-24/h3-8,11,13-14,16,22H,9-10,12H2,1-2H3/t13-,14?,16?,22-/m0/s1. The van der Waals surface area contributed by atoms with E-state index >= 15 is 0 Å². The van der Waals surface area contributed by atoms with Crippen molar-refractivity contribution in [3.63, 3.8) is 0 Å². The Labute approximate surface area is 195 Å². The van der Waals surface area contributed by atoms with Gasteiger partial charge in [-0.2, -0.15) is 0 Å². The van der Waals surface area contributed by atoms with Crippen LogP contribution in [0.1, 0.15) is 43.3 Å². The molecule has 0 amide bonds. The van der Waals surface area contributed by atoms with Crippen LogP contribution in [0.2, 0.25) is 5.02 Å². The minimum atomic E-state index is -0.934. The molecule has 5 rings (SSSR count). The van der Waals surface area contributed by atoms with Gasteiger partial charge in [0.1, 0.15) is 11.9 Å². The van der Waals surface area contributed by atoms with Gasteiger partial charge in [-0.3, -0.25) is 9.98 Å². The van der Waals surface area contributed by atoms with Crippen LogP contribution in [-0.2, 0) is 0 Å². The van der Waals surface area contributed by atoms with Gasteiger partial charge in [-0.15, -0.1) is 11.3 Å². The van der Waals surface area contributed by atoms with E-state index in [1.54, 1.807) is 19.2 Å². The van der Waals surface area contributed by atoms with Crippen molar-refractivity contribution in [2.24, 2.45) is 15.9 Å². The van der Waals surface area contributed by atoms with Gasteiger partial charge in [-0.25, -0.2) is 13.8 Å².